The van der Waals surface area contributed by atoms with Crippen molar-refractivity contribution in [2.45, 2.75) is 12.7 Å². The topological polar surface area (TPSA) is 35.6 Å². The summed E-state index contributed by atoms with van der Waals surface area (Å²) in [5, 5.41) is 2.39. The van der Waals surface area contributed by atoms with Crippen molar-refractivity contribution in [3.05, 3.63) is 51.2 Å². The molecule has 1 aromatic heterocycles. The van der Waals surface area contributed by atoms with E-state index in [0.717, 1.165) is 30.0 Å². The lowest BCUT2D eigenvalue weighted by molar-refractivity contribution is -0.137. The van der Waals surface area contributed by atoms with Crippen LogP contribution in [0.25, 0.3) is 0 Å². The Hall–Kier alpha value is -1.61. The number of piperazine rings is 1. The van der Waals surface area contributed by atoms with Gasteiger partial charge in [-0.3, -0.25) is 14.6 Å². The van der Waals surface area contributed by atoms with Gasteiger partial charge in [0.15, 0.2) is 0 Å². The number of anilines is 1. The Balaban J connectivity index is 1.49. The number of hydrogen-bond acceptors (Lipinski definition) is 4. The van der Waals surface area contributed by atoms with Crippen LogP contribution in [0.1, 0.15) is 10.4 Å². The van der Waals surface area contributed by atoms with Crippen molar-refractivity contribution in [1.82, 2.24) is 9.80 Å². The average molecular weight is 418 g/mol. The smallest absolute Gasteiger partial charge is 0.324 e. The minimum Gasteiger partial charge on any atom is -0.324 e. The van der Waals surface area contributed by atoms with Gasteiger partial charge in [0.2, 0.25) is 5.91 Å². The van der Waals surface area contributed by atoms with E-state index in [1.807, 2.05) is 17.0 Å². The van der Waals surface area contributed by atoms with Gasteiger partial charge in [-0.15, -0.1) is 11.3 Å². The highest BCUT2D eigenvalue weighted by atomic mass is 35.5. The van der Waals surface area contributed by atoms with Gasteiger partial charge in [0.25, 0.3) is 0 Å². The summed E-state index contributed by atoms with van der Waals surface area (Å²) in [6, 6.07) is 8.89. The number of carbonyl (C=O) groups excluding carboxylic acids is 1. The van der Waals surface area contributed by atoms with E-state index in [-0.39, 0.29) is 12.2 Å². The zero-order valence-electron chi connectivity index (χ0n) is 14.4. The fraction of sp³-hybridized carbons (Fsp3) is 0.389. The predicted molar refractivity (Wildman–Crippen MR) is 101 cm³/mol. The van der Waals surface area contributed by atoms with Crippen molar-refractivity contribution < 1.29 is 18.0 Å². The summed E-state index contributed by atoms with van der Waals surface area (Å²) in [4.78, 5) is 17.6. The Kier molecular flexibility index (Phi) is 6.41. The van der Waals surface area contributed by atoms with Crippen LogP contribution in [0, 0.1) is 0 Å². The second-order valence-electron chi connectivity index (χ2n) is 6.35. The van der Waals surface area contributed by atoms with E-state index >= 15 is 0 Å². The Bertz CT molecular complexity index is 788. The molecule has 1 N–H and O–H groups in total. The highest BCUT2D eigenvalue weighted by Gasteiger charge is 2.33. The number of carbonyl (C=O) groups is 1. The highest BCUT2D eigenvalue weighted by molar-refractivity contribution is 7.16. The molecule has 1 aliphatic rings. The Morgan fingerprint density at radius 3 is 2.37 bits per heavy atom. The fourth-order valence-corrected chi connectivity index (χ4v) is 4.12. The summed E-state index contributed by atoms with van der Waals surface area (Å²) < 4.78 is 39.8. The molecule has 4 nitrogen and oxygen atoms in total. The summed E-state index contributed by atoms with van der Waals surface area (Å²) in [5.41, 5.74) is -1.04. The lowest BCUT2D eigenvalue weighted by Gasteiger charge is -2.34. The van der Waals surface area contributed by atoms with Gasteiger partial charge in [-0.2, -0.15) is 13.2 Å². The number of nitrogens with one attached hydrogen (secondary N) is 1. The summed E-state index contributed by atoms with van der Waals surface area (Å²) in [5.74, 6) is -0.440. The molecule has 0 spiro atoms. The molecule has 27 heavy (non-hydrogen) atoms. The monoisotopic (exact) mass is 417 g/mol. The summed E-state index contributed by atoms with van der Waals surface area (Å²) in [6.07, 6.45) is -4.50. The number of alkyl halides is 3. The molecular weight excluding hydrogens is 399 g/mol. The molecule has 2 aromatic rings. The first kappa shape index (κ1) is 20.1. The van der Waals surface area contributed by atoms with Gasteiger partial charge in [-0.05, 0) is 24.3 Å². The van der Waals surface area contributed by atoms with Crippen molar-refractivity contribution >= 4 is 34.5 Å². The molecule has 1 aromatic carbocycles. The van der Waals surface area contributed by atoms with Crippen LogP contribution in [-0.4, -0.2) is 48.4 Å². The van der Waals surface area contributed by atoms with Crippen molar-refractivity contribution in [3.63, 3.8) is 0 Å². The summed E-state index contributed by atoms with van der Waals surface area (Å²) in [6.45, 7) is 3.85. The molecule has 0 aliphatic carbocycles. The molecule has 0 saturated carbocycles. The number of hydrogen-bond donors (Lipinski definition) is 1. The number of amides is 1. The first-order valence-electron chi connectivity index (χ1n) is 8.46. The molecule has 1 amide bonds. The van der Waals surface area contributed by atoms with Crippen LogP contribution in [0.3, 0.4) is 0 Å². The summed E-state index contributed by atoms with van der Waals surface area (Å²) in [7, 11) is 0. The van der Waals surface area contributed by atoms with Crippen LogP contribution >= 0.6 is 22.9 Å². The molecule has 0 radical (unpaired) electrons. The minimum atomic E-state index is -4.50. The Morgan fingerprint density at radius 1 is 1.07 bits per heavy atom. The van der Waals surface area contributed by atoms with E-state index < -0.39 is 17.6 Å². The maximum atomic E-state index is 13.0. The molecule has 0 unspecified atom stereocenters. The second-order valence-corrected chi connectivity index (χ2v) is 8.15. The third-order valence-electron chi connectivity index (χ3n) is 4.35. The molecule has 1 fully saturated rings. The van der Waals surface area contributed by atoms with Crippen molar-refractivity contribution in [2.75, 3.05) is 38.0 Å². The molecule has 0 bridgehead atoms. The van der Waals surface area contributed by atoms with E-state index in [1.54, 1.807) is 11.3 Å². The number of thiophene rings is 1. The van der Waals surface area contributed by atoms with Gasteiger partial charge in [0, 0.05) is 37.6 Å². The van der Waals surface area contributed by atoms with Crippen LogP contribution in [0.4, 0.5) is 18.9 Å². The lowest BCUT2D eigenvalue weighted by atomic mass is 10.1. The van der Waals surface area contributed by atoms with E-state index in [1.165, 1.54) is 23.1 Å². The number of benzene rings is 1. The van der Waals surface area contributed by atoms with Gasteiger partial charge in [-0.1, -0.05) is 23.7 Å². The predicted octanol–water partition coefficient (Wildman–Crippen LogP) is 4.18. The van der Waals surface area contributed by atoms with Gasteiger partial charge in [-0.25, -0.2) is 0 Å². The molecule has 2 heterocycles. The van der Waals surface area contributed by atoms with Crippen LogP contribution in [0.15, 0.2) is 36.4 Å². The summed E-state index contributed by atoms with van der Waals surface area (Å²) >= 11 is 7.49. The first-order valence-corrected chi connectivity index (χ1v) is 9.66. The van der Waals surface area contributed by atoms with Crippen molar-refractivity contribution in [2.24, 2.45) is 0 Å². The minimum absolute atomic E-state index is 0.0743. The molecular formula is C18H19ClF3N3OS. The van der Waals surface area contributed by atoms with Crippen LogP contribution in [0.5, 0.6) is 0 Å². The van der Waals surface area contributed by atoms with Gasteiger partial charge in [0.05, 0.1) is 22.1 Å². The standard InChI is InChI=1S/C18H19ClF3N3OS/c19-16-6-5-13(27-16)11-24-7-9-25(10-8-24)12-17(26)23-15-4-2-1-3-14(15)18(20,21)22/h1-6H,7-12H2,(H,23,26). The first-order chi connectivity index (χ1) is 12.8. The maximum absolute atomic E-state index is 13.0. The van der Waals surface area contributed by atoms with Crippen molar-refractivity contribution in [1.29, 1.82) is 0 Å². The van der Waals surface area contributed by atoms with Gasteiger partial charge < -0.3 is 5.32 Å². The van der Waals surface area contributed by atoms with Crippen molar-refractivity contribution in [3.8, 4) is 0 Å². The SMILES string of the molecule is O=C(CN1CCN(Cc2ccc(Cl)s2)CC1)Nc1ccccc1C(F)(F)F. The van der Waals surface area contributed by atoms with E-state index in [9.17, 15) is 18.0 Å². The number of rotatable bonds is 5. The highest BCUT2D eigenvalue weighted by Crippen LogP contribution is 2.34. The Morgan fingerprint density at radius 2 is 1.74 bits per heavy atom. The number of halogens is 4. The van der Waals surface area contributed by atoms with Gasteiger partial charge in [0.1, 0.15) is 0 Å². The number of para-hydroxylation sites is 1. The van der Waals surface area contributed by atoms with Crippen LogP contribution < -0.4 is 5.32 Å². The van der Waals surface area contributed by atoms with Gasteiger partial charge >= 0.3 is 6.18 Å². The molecule has 146 valence electrons. The molecule has 1 saturated heterocycles. The molecule has 9 heteroatoms. The average Bonchev–Trinajstić information content (AvgIpc) is 3.01. The molecule has 1 aliphatic heterocycles. The Labute approximate surface area is 164 Å². The van der Waals surface area contributed by atoms with Crippen LogP contribution in [0.2, 0.25) is 4.34 Å². The largest absolute Gasteiger partial charge is 0.418 e. The molecule has 3 rings (SSSR count). The zero-order valence-corrected chi connectivity index (χ0v) is 16.0. The normalized spacial score (nSPS) is 16.4. The third-order valence-corrected chi connectivity index (χ3v) is 5.56. The van der Waals surface area contributed by atoms with E-state index in [4.69, 9.17) is 11.6 Å². The van der Waals surface area contributed by atoms with E-state index in [0.29, 0.717) is 13.1 Å². The lowest BCUT2D eigenvalue weighted by Crippen LogP contribution is -2.48. The van der Waals surface area contributed by atoms with E-state index in [2.05, 4.69) is 10.2 Å². The third kappa shape index (κ3) is 5.68. The van der Waals surface area contributed by atoms with Crippen LogP contribution in [-0.2, 0) is 17.5 Å². The zero-order chi connectivity index (χ0) is 19.4. The quantitative estimate of drug-likeness (QED) is 0.792. The number of nitrogens with zero attached hydrogens (tertiary/aromatic N) is 2. The maximum Gasteiger partial charge on any atom is 0.418 e. The molecule has 0 atom stereocenters. The fourth-order valence-electron chi connectivity index (χ4n) is 2.99. The second kappa shape index (κ2) is 8.60.